The number of nitrogens with zero attached hydrogens (tertiary/aromatic N) is 1. The molecule has 1 unspecified atom stereocenters. The van der Waals surface area contributed by atoms with Crippen LogP contribution < -0.4 is 14.2 Å². The van der Waals surface area contributed by atoms with Crippen molar-refractivity contribution in [2.45, 2.75) is 6.10 Å². The molecule has 1 aromatic heterocycles. The van der Waals surface area contributed by atoms with Gasteiger partial charge >= 0.3 is 0 Å². The van der Waals surface area contributed by atoms with Crippen molar-refractivity contribution >= 4 is 11.6 Å². The highest BCUT2D eigenvalue weighted by atomic mass is 35.5. The maximum atomic E-state index is 10.5. The van der Waals surface area contributed by atoms with E-state index in [-0.39, 0.29) is 6.79 Å². The molecule has 2 aromatic rings. The Kier molecular flexibility index (Phi) is 3.38. The average Bonchev–Trinajstić information content (AvgIpc) is 2.95. The first-order valence-corrected chi connectivity index (χ1v) is 6.34. The summed E-state index contributed by atoms with van der Waals surface area (Å²) >= 11 is 6.11. The minimum Gasteiger partial charge on any atom is -0.495 e. The third-order valence-corrected chi connectivity index (χ3v) is 3.32. The second-order valence-corrected chi connectivity index (χ2v) is 4.64. The Balaban J connectivity index is 2.02. The fourth-order valence-electron chi connectivity index (χ4n) is 2.08. The summed E-state index contributed by atoms with van der Waals surface area (Å²) in [4.78, 5) is 4.16. The molecule has 0 saturated carbocycles. The van der Waals surface area contributed by atoms with Crippen LogP contribution in [0.3, 0.4) is 0 Å². The van der Waals surface area contributed by atoms with Crippen LogP contribution in [0.25, 0.3) is 0 Å². The van der Waals surface area contributed by atoms with Gasteiger partial charge in [-0.1, -0.05) is 11.6 Å². The molecule has 1 aromatic carbocycles. The van der Waals surface area contributed by atoms with Crippen LogP contribution in [-0.2, 0) is 0 Å². The summed E-state index contributed by atoms with van der Waals surface area (Å²) in [6.45, 7) is 0.126. The Hall–Kier alpha value is -1.98. The van der Waals surface area contributed by atoms with Gasteiger partial charge in [0.15, 0.2) is 11.5 Å². The van der Waals surface area contributed by atoms with Gasteiger partial charge in [0.2, 0.25) is 6.79 Å². The van der Waals surface area contributed by atoms with Gasteiger partial charge in [-0.2, -0.15) is 0 Å². The molecule has 6 heteroatoms. The van der Waals surface area contributed by atoms with E-state index in [9.17, 15) is 5.11 Å². The van der Waals surface area contributed by atoms with Crippen LogP contribution >= 0.6 is 11.6 Å². The Bertz CT molecular complexity index is 647. The number of aliphatic hydroxyl groups excluding tert-OH is 1. The molecule has 1 atom stereocenters. The number of aromatic nitrogens is 1. The van der Waals surface area contributed by atoms with E-state index in [2.05, 4.69) is 4.98 Å². The van der Waals surface area contributed by atoms with Gasteiger partial charge in [0, 0.05) is 6.20 Å². The van der Waals surface area contributed by atoms with E-state index in [4.69, 9.17) is 25.8 Å². The lowest BCUT2D eigenvalue weighted by Gasteiger charge is -2.14. The molecule has 5 nitrogen and oxygen atoms in total. The molecule has 2 heterocycles. The summed E-state index contributed by atoms with van der Waals surface area (Å²) in [6, 6.07) is 6.79. The molecule has 1 N–H and O–H groups in total. The maximum Gasteiger partial charge on any atom is 0.231 e. The fourth-order valence-corrected chi connectivity index (χ4v) is 2.36. The van der Waals surface area contributed by atoms with Crippen LogP contribution in [0.2, 0.25) is 5.02 Å². The monoisotopic (exact) mass is 293 g/mol. The van der Waals surface area contributed by atoms with Gasteiger partial charge in [-0.05, 0) is 29.8 Å². The third-order valence-electron chi connectivity index (χ3n) is 3.04. The summed E-state index contributed by atoms with van der Waals surface area (Å²) in [7, 11) is 1.53. The topological polar surface area (TPSA) is 60.8 Å². The molecule has 3 rings (SSSR count). The van der Waals surface area contributed by atoms with Crippen molar-refractivity contribution in [2.75, 3.05) is 13.9 Å². The van der Waals surface area contributed by atoms with E-state index >= 15 is 0 Å². The molecule has 0 saturated heterocycles. The number of pyridine rings is 1. The lowest BCUT2D eigenvalue weighted by atomic mass is 10.0. The van der Waals surface area contributed by atoms with E-state index in [0.29, 0.717) is 33.5 Å². The minimum absolute atomic E-state index is 0.126. The van der Waals surface area contributed by atoms with Crippen molar-refractivity contribution in [3.05, 3.63) is 46.7 Å². The Morgan fingerprint density at radius 2 is 2.25 bits per heavy atom. The highest BCUT2D eigenvalue weighted by Crippen LogP contribution is 2.42. The first-order valence-electron chi connectivity index (χ1n) is 5.96. The first-order chi connectivity index (χ1) is 9.70. The lowest BCUT2D eigenvalue weighted by Crippen LogP contribution is -2.05. The van der Waals surface area contributed by atoms with Gasteiger partial charge in [0.25, 0.3) is 0 Å². The summed E-state index contributed by atoms with van der Waals surface area (Å²) < 4.78 is 15.7. The second kappa shape index (κ2) is 5.19. The smallest absolute Gasteiger partial charge is 0.231 e. The van der Waals surface area contributed by atoms with Gasteiger partial charge in [0.1, 0.15) is 17.5 Å². The van der Waals surface area contributed by atoms with Crippen LogP contribution in [0.1, 0.15) is 17.4 Å². The van der Waals surface area contributed by atoms with Gasteiger partial charge < -0.3 is 19.3 Å². The number of fused-ring (bicyclic) bond motifs is 1. The Labute approximate surface area is 120 Å². The number of rotatable bonds is 3. The molecule has 20 heavy (non-hydrogen) atoms. The van der Waals surface area contributed by atoms with Crippen LogP contribution in [0, 0.1) is 0 Å². The van der Waals surface area contributed by atoms with Crippen LogP contribution in [0.5, 0.6) is 17.2 Å². The van der Waals surface area contributed by atoms with E-state index in [1.165, 1.54) is 7.11 Å². The normalized spacial score (nSPS) is 14.2. The first kappa shape index (κ1) is 13.0. The van der Waals surface area contributed by atoms with Gasteiger partial charge in [0.05, 0.1) is 12.1 Å². The highest BCUT2D eigenvalue weighted by Gasteiger charge is 2.23. The van der Waals surface area contributed by atoms with Crippen molar-refractivity contribution in [3.8, 4) is 17.2 Å². The Morgan fingerprint density at radius 3 is 3.05 bits per heavy atom. The molecule has 0 bridgehead atoms. The molecule has 0 radical (unpaired) electrons. The van der Waals surface area contributed by atoms with E-state index < -0.39 is 6.10 Å². The standard InChI is InChI=1S/C14H12ClNO4/c1-18-10-3-2-4-16-12(10)13(17)8-5-9(15)14-11(6-8)19-7-20-14/h2-6,13,17H,7H2,1H3. The van der Waals surface area contributed by atoms with Crippen LogP contribution in [-0.4, -0.2) is 24.0 Å². The van der Waals surface area contributed by atoms with Gasteiger partial charge in [-0.25, -0.2) is 0 Å². The zero-order valence-electron chi connectivity index (χ0n) is 10.7. The predicted molar refractivity (Wildman–Crippen MR) is 72.4 cm³/mol. The zero-order chi connectivity index (χ0) is 14.1. The number of halogens is 1. The van der Waals surface area contributed by atoms with Crippen molar-refractivity contribution in [1.82, 2.24) is 4.98 Å². The molecular formula is C14H12ClNO4. The molecule has 0 spiro atoms. The number of benzene rings is 1. The number of hydrogen-bond acceptors (Lipinski definition) is 5. The molecule has 1 aliphatic heterocycles. The van der Waals surface area contributed by atoms with E-state index in [0.717, 1.165) is 0 Å². The molecule has 104 valence electrons. The summed E-state index contributed by atoms with van der Waals surface area (Å²) in [5.41, 5.74) is 0.987. The van der Waals surface area contributed by atoms with Crippen molar-refractivity contribution in [2.24, 2.45) is 0 Å². The zero-order valence-corrected chi connectivity index (χ0v) is 11.4. The van der Waals surface area contributed by atoms with E-state index in [1.807, 2.05) is 0 Å². The fraction of sp³-hybridized carbons (Fsp3) is 0.214. The highest BCUT2D eigenvalue weighted by molar-refractivity contribution is 6.32. The van der Waals surface area contributed by atoms with Gasteiger partial charge in [-0.15, -0.1) is 0 Å². The number of aliphatic hydroxyl groups is 1. The Morgan fingerprint density at radius 1 is 1.40 bits per heavy atom. The third kappa shape index (κ3) is 2.15. The van der Waals surface area contributed by atoms with Gasteiger partial charge in [-0.3, -0.25) is 4.98 Å². The summed E-state index contributed by atoms with van der Waals surface area (Å²) in [6.07, 6.45) is 0.633. The second-order valence-electron chi connectivity index (χ2n) is 4.23. The maximum absolute atomic E-state index is 10.5. The van der Waals surface area contributed by atoms with E-state index in [1.54, 1.807) is 30.5 Å². The lowest BCUT2D eigenvalue weighted by molar-refractivity contribution is 0.173. The number of methoxy groups -OCH3 is 1. The summed E-state index contributed by atoms with van der Waals surface area (Å²) in [5.74, 6) is 1.52. The largest absolute Gasteiger partial charge is 0.495 e. The van der Waals surface area contributed by atoms with Crippen LogP contribution in [0.15, 0.2) is 30.5 Å². The molecule has 0 aliphatic carbocycles. The number of ether oxygens (including phenoxy) is 3. The van der Waals surface area contributed by atoms with Crippen molar-refractivity contribution in [3.63, 3.8) is 0 Å². The summed E-state index contributed by atoms with van der Waals surface area (Å²) in [5, 5.41) is 10.9. The molecule has 1 aliphatic rings. The predicted octanol–water partition coefficient (Wildman–Crippen LogP) is 2.55. The quantitative estimate of drug-likeness (QED) is 0.942. The molecule has 0 fully saturated rings. The molecular weight excluding hydrogens is 282 g/mol. The SMILES string of the molecule is COc1cccnc1C(O)c1cc(Cl)c2c(c1)OCO2. The minimum atomic E-state index is -0.960. The van der Waals surface area contributed by atoms with Crippen molar-refractivity contribution in [1.29, 1.82) is 0 Å². The molecule has 0 amide bonds. The average molecular weight is 294 g/mol. The van der Waals surface area contributed by atoms with Crippen LogP contribution in [0.4, 0.5) is 0 Å². The van der Waals surface area contributed by atoms with Crippen molar-refractivity contribution < 1.29 is 19.3 Å². The number of hydrogen-bond donors (Lipinski definition) is 1.